The van der Waals surface area contributed by atoms with E-state index in [2.05, 4.69) is 0 Å². The Labute approximate surface area is 120 Å². The minimum Gasteiger partial charge on any atom is -0.399 e. The third-order valence-corrected chi connectivity index (χ3v) is 3.47. The molecule has 2 rings (SSSR count). The van der Waals surface area contributed by atoms with Crippen LogP contribution in [0.15, 0.2) is 18.2 Å². The summed E-state index contributed by atoms with van der Waals surface area (Å²) in [5.41, 5.74) is 10.1. The summed E-state index contributed by atoms with van der Waals surface area (Å²) in [6, 6.07) is 3.76. The third-order valence-electron chi connectivity index (χ3n) is 3.47. The van der Waals surface area contributed by atoms with Crippen LogP contribution in [0.5, 0.6) is 0 Å². The number of rotatable bonds is 2. The van der Waals surface area contributed by atoms with Gasteiger partial charge in [0.1, 0.15) is 0 Å². The Bertz CT molecular complexity index is 525. The lowest BCUT2D eigenvalue weighted by atomic mass is 10.1. The molecule has 8 heteroatoms. The average Bonchev–Trinajstić information content (AvgIpc) is 2.45. The van der Waals surface area contributed by atoms with Crippen molar-refractivity contribution in [3.05, 3.63) is 23.8 Å². The fourth-order valence-electron chi connectivity index (χ4n) is 2.38. The number of hydrogen-bond donors (Lipinski definition) is 2. The molecule has 0 radical (unpaired) electrons. The minimum atomic E-state index is -4.46. The van der Waals surface area contributed by atoms with Crippen LogP contribution in [-0.2, 0) is 11.0 Å². The van der Waals surface area contributed by atoms with Crippen LogP contribution in [0.3, 0.4) is 0 Å². The van der Waals surface area contributed by atoms with Crippen molar-refractivity contribution in [3.63, 3.8) is 0 Å². The van der Waals surface area contributed by atoms with E-state index in [1.54, 1.807) is 9.80 Å². The molecule has 0 aliphatic carbocycles. The minimum absolute atomic E-state index is 0.0722. The number of nitrogens with two attached hydrogens (primary N) is 2. The maximum absolute atomic E-state index is 13.1. The highest BCUT2D eigenvalue weighted by atomic mass is 19.4. The molecule has 116 valence electrons. The van der Waals surface area contributed by atoms with Crippen LogP contribution >= 0.6 is 0 Å². The second-order valence-corrected chi connectivity index (χ2v) is 4.85. The van der Waals surface area contributed by atoms with Crippen LogP contribution < -0.4 is 16.4 Å². The molecule has 1 amide bonds. The summed E-state index contributed by atoms with van der Waals surface area (Å²) < 4.78 is 39.2. The molecule has 0 spiro atoms. The summed E-state index contributed by atoms with van der Waals surface area (Å²) in [6.07, 6.45) is -4.46. The first-order valence-corrected chi connectivity index (χ1v) is 6.52. The highest BCUT2D eigenvalue weighted by Crippen LogP contribution is 2.38. The molecule has 0 atom stereocenters. The standard InChI is InChI=1S/C13H17F3N4O/c14-13(15,16)10-7-9(18)1-2-11(10)19-3-5-20(6-4-19)12(21)8-17/h1-2,7H,3-6,8,17-18H2. The Morgan fingerprint density at radius 1 is 1.19 bits per heavy atom. The Morgan fingerprint density at radius 3 is 2.33 bits per heavy atom. The molecule has 4 N–H and O–H groups in total. The molecule has 1 aromatic carbocycles. The summed E-state index contributed by atoms with van der Waals surface area (Å²) in [4.78, 5) is 14.6. The van der Waals surface area contributed by atoms with E-state index in [1.165, 1.54) is 12.1 Å². The summed E-state index contributed by atoms with van der Waals surface area (Å²) in [5, 5.41) is 0. The quantitative estimate of drug-likeness (QED) is 0.796. The Morgan fingerprint density at radius 2 is 1.81 bits per heavy atom. The first-order valence-electron chi connectivity index (χ1n) is 6.52. The molecule has 1 saturated heterocycles. The smallest absolute Gasteiger partial charge is 0.399 e. The summed E-state index contributed by atoms with van der Waals surface area (Å²) >= 11 is 0. The highest BCUT2D eigenvalue weighted by molar-refractivity contribution is 5.78. The molecular weight excluding hydrogens is 285 g/mol. The number of benzene rings is 1. The van der Waals surface area contributed by atoms with E-state index in [0.29, 0.717) is 26.2 Å². The number of halogens is 3. The SMILES string of the molecule is NCC(=O)N1CCN(c2ccc(N)cc2C(F)(F)F)CC1. The van der Waals surface area contributed by atoms with E-state index in [1.807, 2.05) is 0 Å². The van der Waals surface area contributed by atoms with Crippen LogP contribution in [0.4, 0.5) is 24.5 Å². The molecule has 1 fully saturated rings. The zero-order valence-corrected chi connectivity index (χ0v) is 11.4. The van der Waals surface area contributed by atoms with Gasteiger partial charge in [0.15, 0.2) is 0 Å². The van der Waals surface area contributed by atoms with E-state index in [-0.39, 0.29) is 23.8 Å². The number of amides is 1. The summed E-state index contributed by atoms with van der Waals surface area (Å²) in [5.74, 6) is -0.192. The molecular formula is C13H17F3N4O. The molecule has 0 unspecified atom stereocenters. The van der Waals surface area contributed by atoms with Gasteiger partial charge < -0.3 is 21.3 Å². The first-order chi connectivity index (χ1) is 9.82. The molecule has 1 aliphatic heterocycles. The van der Waals surface area contributed by atoms with Crippen LogP contribution in [0, 0.1) is 0 Å². The van der Waals surface area contributed by atoms with Gasteiger partial charge in [0, 0.05) is 37.6 Å². The number of nitrogens with zero attached hydrogens (tertiary/aromatic N) is 2. The number of carbonyl (C=O) groups excluding carboxylic acids is 1. The van der Waals surface area contributed by atoms with Crippen molar-refractivity contribution < 1.29 is 18.0 Å². The third kappa shape index (κ3) is 3.38. The van der Waals surface area contributed by atoms with Crippen LogP contribution in [0.25, 0.3) is 0 Å². The van der Waals surface area contributed by atoms with Crippen molar-refractivity contribution in [2.24, 2.45) is 5.73 Å². The van der Waals surface area contributed by atoms with E-state index in [0.717, 1.165) is 6.07 Å². The largest absolute Gasteiger partial charge is 0.418 e. The molecule has 1 aromatic rings. The predicted octanol–water partition coefficient (Wildman–Crippen LogP) is 0.895. The van der Waals surface area contributed by atoms with Crippen molar-refractivity contribution in [2.75, 3.05) is 43.4 Å². The van der Waals surface area contributed by atoms with Gasteiger partial charge in [-0.1, -0.05) is 0 Å². The number of alkyl halides is 3. The Balaban J connectivity index is 2.19. The van der Waals surface area contributed by atoms with E-state index in [4.69, 9.17) is 11.5 Å². The number of piperazine rings is 1. The lowest BCUT2D eigenvalue weighted by Gasteiger charge is -2.37. The van der Waals surface area contributed by atoms with Gasteiger partial charge >= 0.3 is 6.18 Å². The second-order valence-electron chi connectivity index (χ2n) is 4.85. The Kier molecular flexibility index (Phi) is 4.26. The van der Waals surface area contributed by atoms with Gasteiger partial charge in [0.25, 0.3) is 0 Å². The van der Waals surface area contributed by atoms with Crippen LogP contribution in [-0.4, -0.2) is 43.5 Å². The second kappa shape index (κ2) is 5.80. The van der Waals surface area contributed by atoms with Gasteiger partial charge in [-0.3, -0.25) is 4.79 Å². The number of hydrogen-bond acceptors (Lipinski definition) is 4. The highest BCUT2D eigenvalue weighted by Gasteiger charge is 2.35. The predicted molar refractivity (Wildman–Crippen MR) is 73.7 cm³/mol. The van der Waals surface area contributed by atoms with Crippen molar-refractivity contribution in [1.29, 1.82) is 0 Å². The van der Waals surface area contributed by atoms with Gasteiger partial charge in [0.2, 0.25) is 5.91 Å². The average molecular weight is 302 g/mol. The van der Waals surface area contributed by atoms with Gasteiger partial charge in [0.05, 0.1) is 12.1 Å². The van der Waals surface area contributed by atoms with E-state index < -0.39 is 11.7 Å². The normalized spacial score (nSPS) is 16.2. The van der Waals surface area contributed by atoms with Crippen molar-refractivity contribution in [2.45, 2.75) is 6.18 Å². The molecule has 5 nitrogen and oxygen atoms in total. The summed E-state index contributed by atoms with van der Waals surface area (Å²) in [7, 11) is 0. The Hall–Kier alpha value is -1.96. The fraction of sp³-hybridized carbons (Fsp3) is 0.462. The lowest BCUT2D eigenvalue weighted by Crippen LogP contribution is -2.50. The first kappa shape index (κ1) is 15.4. The lowest BCUT2D eigenvalue weighted by molar-refractivity contribution is -0.137. The van der Waals surface area contributed by atoms with Crippen LogP contribution in [0.1, 0.15) is 5.56 Å². The topological polar surface area (TPSA) is 75.6 Å². The zero-order chi connectivity index (χ0) is 15.6. The molecule has 1 heterocycles. The molecule has 0 aromatic heterocycles. The van der Waals surface area contributed by atoms with Gasteiger partial charge in [-0.2, -0.15) is 13.2 Å². The molecule has 0 saturated carbocycles. The maximum atomic E-state index is 13.1. The number of nitrogen functional groups attached to an aromatic ring is 1. The fourth-order valence-corrected chi connectivity index (χ4v) is 2.38. The molecule has 21 heavy (non-hydrogen) atoms. The molecule has 0 bridgehead atoms. The maximum Gasteiger partial charge on any atom is 0.418 e. The van der Waals surface area contributed by atoms with Crippen LogP contribution in [0.2, 0.25) is 0 Å². The van der Waals surface area contributed by atoms with Gasteiger partial charge in [-0.15, -0.1) is 0 Å². The number of carbonyl (C=O) groups is 1. The van der Waals surface area contributed by atoms with E-state index >= 15 is 0 Å². The monoisotopic (exact) mass is 302 g/mol. The van der Waals surface area contributed by atoms with Crippen molar-refractivity contribution >= 4 is 17.3 Å². The number of anilines is 2. The van der Waals surface area contributed by atoms with Gasteiger partial charge in [-0.25, -0.2) is 0 Å². The zero-order valence-electron chi connectivity index (χ0n) is 11.4. The van der Waals surface area contributed by atoms with Gasteiger partial charge in [-0.05, 0) is 18.2 Å². The van der Waals surface area contributed by atoms with Crippen molar-refractivity contribution in [1.82, 2.24) is 4.90 Å². The van der Waals surface area contributed by atoms with Crippen molar-refractivity contribution in [3.8, 4) is 0 Å². The summed E-state index contributed by atoms with van der Waals surface area (Å²) in [6.45, 7) is 1.29. The van der Waals surface area contributed by atoms with E-state index in [9.17, 15) is 18.0 Å². The molecule has 1 aliphatic rings.